The molecular formula is C21H25N3O6S2. The molecule has 1 saturated heterocycles. The fourth-order valence-corrected chi connectivity index (χ4v) is 5.45. The second-order valence-electron chi connectivity index (χ2n) is 8.16. The van der Waals surface area contributed by atoms with E-state index in [1.165, 1.54) is 28.6 Å². The summed E-state index contributed by atoms with van der Waals surface area (Å²) in [6.07, 6.45) is 1.60. The monoisotopic (exact) mass is 479 g/mol. The lowest BCUT2D eigenvalue weighted by Crippen LogP contribution is -2.54. The minimum atomic E-state index is -3.82. The fraction of sp³-hybridized carbons (Fsp3) is 0.524. The molecule has 0 aliphatic carbocycles. The topological polar surface area (TPSA) is 127 Å². The predicted molar refractivity (Wildman–Crippen MR) is 119 cm³/mol. The van der Waals surface area contributed by atoms with Crippen LogP contribution in [-0.4, -0.2) is 83.6 Å². The van der Waals surface area contributed by atoms with Crippen LogP contribution < -0.4 is 5.48 Å². The number of thiophene rings is 1. The van der Waals surface area contributed by atoms with Crippen molar-refractivity contribution in [3.8, 4) is 23.7 Å². The molecule has 1 unspecified atom stereocenters. The highest BCUT2D eigenvalue weighted by atomic mass is 32.2. The summed E-state index contributed by atoms with van der Waals surface area (Å²) in [4.78, 5) is 29.4. The largest absolute Gasteiger partial charge is 0.395 e. The third-order valence-electron chi connectivity index (χ3n) is 6.17. The number of nitrogens with zero attached hydrogens (tertiary/aromatic N) is 2. The summed E-state index contributed by atoms with van der Waals surface area (Å²) in [5.41, 5.74) is 2.21. The minimum Gasteiger partial charge on any atom is -0.395 e. The Morgan fingerprint density at radius 1 is 1.41 bits per heavy atom. The maximum atomic E-state index is 12.7. The van der Waals surface area contributed by atoms with Gasteiger partial charge in [0.2, 0.25) is 0 Å². The van der Waals surface area contributed by atoms with Crippen molar-refractivity contribution in [1.29, 1.82) is 0 Å². The van der Waals surface area contributed by atoms with Gasteiger partial charge in [-0.2, -0.15) is 0 Å². The van der Waals surface area contributed by atoms with E-state index in [0.29, 0.717) is 16.3 Å². The average molecular weight is 480 g/mol. The Hall–Kier alpha value is -2.41. The number of likely N-dealkylation sites (N-methyl/N-ethyl adjacent to an activating group) is 1. The normalized spacial score (nSPS) is 22.0. The van der Waals surface area contributed by atoms with Gasteiger partial charge in [0.1, 0.15) is 0 Å². The highest BCUT2D eigenvalue weighted by Crippen LogP contribution is 2.32. The van der Waals surface area contributed by atoms with Crippen LogP contribution in [0.15, 0.2) is 6.07 Å². The Morgan fingerprint density at radius 2 is 2.12 bits per heavy atom. The van der Waals surface area contributed by atoms with Crippen molar-refractivity contribution in [2.75, 3.05) is 26.5 Å². The number of hydrogen-bond donors (Lipinski definition) is 3. The first-order valence-electron chi connectivity index (χ1n) is 9.92. The lowest BCUT2D eigenvalue weighted by molar-refractivity contribution is -0.131. The molecule has 0 saturated carbocycles. The third kappa shape index (κ3) is 4.53. The van der Waals surface area contributed by atoms with E-state index in [4.69, 9.17) is 10.3 Å². The van der Waals surface area contributed by atoms with Gasteiger partial charge in [-0.05, 0) is 56.2 Å². The number of sulfone groups is 1. The molecule has 2 aliphatic rings. The van der Waals surface area contributed by atoms with Crippen molar-refractivity contribution >= 4 is 33.0 Å². The van der Waals surface area contributed by atoms with Crippen molar-refractivity contribution < 1.29 is 28.3 Å². The molecule has 172 valence electrons. The van der Waals surface area contributed by atoms with Crippen LogP contribution in [0.4, 0.5) is 0 Å². The van der Waals surface area contributed by atoms with E-state index >= 15 is 0 Å². The Balaban J connectivity index is 1.62. The Labute approximate surface area is 191 Å². The van der Waals surface area contributed by atoms with E-state index in [1.807, 2.05) is 18.0 Å². The summed E-state index contributed by atoms with van der Waals surface area (Å²) in [5, 5.41) is 18.0. The Kier molecular flexibility index (Phi) is 6.98. The molecule has 1 aromatic rings. The first kappa shape index (κ1) is 24.2. The minimum absolute atomic E-state index is 0.0491. The van der Waals surface area contributed by atoms with Crippen molar-refractivity contribution in [3.63, 3.8) is 0 Å². The number of carbonyl (C=O) groups excluding carboxylic acids is 2. The van der Waals surface area contributed by atoms with Crippen LogP contribution in [0, 0.1) is 23.7 Å². The van der Waals surface area contributed by atoms with Crippen LogP contribution in [0.1, 0.15) is 39.9 Å². The van der Waals surface area contributed by atoms with Crippen molar-refractivity contribution in [2.24, 2.45) is 0 Å². The number of rotatable bonds is 6. The molecule has 1 aromatic heterocycles. The second kappa shape index (κ2) is 9.22. The van der Waals surface area contributed by atoms with Gasteiger partial charge < -0.3 is 10.0 Å². The van der Waals surface area contributed by atoms with Gasteiger partial charge in [0.05, 0.1) is 22.4 Å². The number of nitrogens with one attached hydrogen (secondary N) is 1. The Morgan fingerprint density at radius 3 is 2.69 bits per heavy atom. The Bertz CT molecular complexity index is 1150. The third-order valence-corrected chi connectivity index (χ3v) is 9.28. The summed E-state index contributed by atoms with van der Waals surface area (Å²) >= 11 is 1.25. The molecule has 0 radical (unpaired) electrons. The summed E-state index contributed by atoms with van der Waals surface area (Å²) < 4.78 is 22.3. The SMILES string of the molecule is CN1[C@@H](CO)C[C@@H]1C#CC#Cc1cc2c(s1)C(=O)N(CCC(C)(C(=O)NO)S(C)(=O)=O)C2. The van der Waals surface area contributed by atoms with Gasteiger partial charge >= 0.3 is 0 Å². The van der Waals surface area contributed by atoms with Crippen molar-refractivity contribution in [3.05, 3.63) is 21.4 Å². The predicted octanol–water partition coefficient (Wildman–Crippen LogP) is -0.177. The summed E-state index contributed by atoms with van der Waals surface area (Å²) in [7, 11) is -1.91. The molecule has 2 aliphatic heterocycles. The number of amides is 2. The number of likely N-dealkylation sites (tertiary alicyclic amines) is 1. The zero-order valence-electron chi connectivity index (χ0n) is 18.0. The van der Waals surface area contributed by atoms with E-state index in [2.05, 4.69) is 23.7 Å². The first-order chi connectivity index (χ1) is 15.0. The van der Waals surface area contributed by atoms with Crippen LogP contribution in [0.5, 0.6) is 0 Å². The van der Waals surface area contributed by atoms with Gasteiger partial charge in [0, 0.05) is 25.4 Å². The highest BCUT2D eigenvalue weighted by Gasteiger charge is 2.44. The van der Waals surface area contributed by atoms with Gasteiger partial charge in [-0.3, -0.25) is 19.7 Å². The van der Waals surface area contributed by atoms with E-state index < -0.39 is 20.5 Å². The molecule has 0 aromatic carbocycles. The molecule has 0 spiro atoms. The second-order valence-corrected chi connectivity index (χ2v) is 11.7. The van der Waals surface area contributed by atoms with Crippen molar-refractivity contribution in [2.45, 2.75) is 43.1 Å². The molecule has 3 N–H and O–H groups in total. The molecule has 1 fully saturated rings. The molecule has 2 amide bonds. The molecule has 3 heterocycles. The summed E-state index contributed by atoms with van der Waals surface area (Å²) in [6.45, 7) is 1.69. The smallest absolute Gasteiger partial charge is 0.264 e. The van der Waals surface area contributed by atoms with Crippen LogP contribution in [-0.2, 0) is 21.2 Å². The molecule has 11 heteroatoms. The summed E-state index contributed by atoms with van der Waals surface area (Å²) in [6, 6.07) is 2.07. The fourth-order valence-electron chi connectivity index (χ4n) is 3.61. The van der Waals surface area contributed by atoms with E-state index in [9.17, 15) is 18.0 Å². The van der Waals surface area contributed by atoms with E-state index in [0.717, 1.165) is 18.2 Å². The van der Waals surface area contributed by atoms with Crippen LogP contribution in [0.3, 0.4) is 0 Å². The maximum Gasteiger partial charge on any atom is 0.264 e. The number of hydrogen-bond acceptors (Lipinski definition) is 8. The molecule has 3 atom stereocenters. The molecule has 0 bridgehead atoms. The average Bonchev–Trinajstić information content (AvgIpc) is 3.27. The van der Waals surface area contributed by atoms with Gasteiger partial charge in [-0.15, -0.1) is 11.3 Å². The molecule has 32 heavy (non-hydrogen) atoms. The van der Waals surface area contributed by atoms with Crippen LogP contribution >= 0.6 is 11.3 Å². The molecule has 9 nitrogen and oxygen atoms in total. The number of aliphatic hydroxyl groups excluding tert-OH is 1. The molecular weight excluding hydrogens is 454 g/mol. The van der Waals surface area contributed by atoms with Gasteiger partial charge in [0.15, 0.2) is 14.6 Å². The van der Waals surface area contributed by atoms with Gasteiger partial charge in [-0.1, -0.05) is 5.92 Å². The van der Waals surface area contributed by atoms with Gasteiger partial charge in [0.25, 0.3) is 11.8 Å². The van der Waals surface area contributed by atoms with Crippen LogP contribution in [0.2, 0.25) is 0 Å². The van der Waals surface area contributed by atoms with E-state index in [-0.39, 0.29) is 37.6 Å². The van der Waals surface area contributed by atoms with E-state index in [1.54, 1.807) is 0 Å². The lowest BCUT2D eigenvalue weighted by atomic mass is 9.95. The lowest BCUT2D eigenvalue weighted by Gasteiger charge is -2.42. The standard InChI is InChI=1S/C21H25N3O6S2/c1-21(20(27)22-28,32(3,29)30)8-9-24-12-14-10-17(31-18(14)19(24)26)7-5-4-6-15-11-16(13-25)23(15)2/h10,15-16,25,28H,8-9,11-13H2,1-3H3,(H,22,27)/t15-,16+,21?/m0/s1. The zero-order valence-corrected chi connectivity index (χ0v) is 19.6. The van der Waals surface area contributed by atoms with Crippen molar-refractivity contribution in [1.82, 2.24) is 15.3 Å². The highest BCUT2D eigenvalue weighted by molar-refractivity contribution is 7.92. The van der Waals surface area contributed by atoms with Gasteiger partial charge in [-0.25, -0.2) is 13.9 Å². The number of carbonyl (C=O) groups is 2. The number of hydroxylamine groups is 1. The van der Waals surface area contributed by atoms with Crippen LogP contribution in [0.25, 0.3) is 0 Å². The number of fused-ring (bicyclic) bond motifs is 1. The first-order valence-corrected chi connectivity index (χ1v) is 12.6. The summed E-state index contributed by atoms with van der Waals surface area (Å²) in [5.74, 6) is 10.4. The zero-order chi connectivity index (χ0) is 23.7. The molecule has 3 rings (SSSR count). The number of aliphatic hydroxyl groups is 1. The maximum absolute atomic E-state index is 12.7. The quantitative estimate of drug-likeness (QED) is 0.294.